The second-order valence-electron chi connectivity index (χ2n) is 3.34. The second kappa shape index (κ2) is 6.06. The summed E-state index contributed by atoms with van der Waals surface area (Å²) in [5, 5.41) is 3.12. The summed E-state index contributed by atoms with van der Waals surface area (Å²) in [6, 6.07) is 0. The lowest BCUT2D eigenvalue weighted by Gasteiger charge is -2.12. The molecule has 0 saturated carbocycles. The van der Waals surface area contributed by atoms with Crippen molar-refractivity contribution in [1.29, 1.82) is 0 Å². The van der Waals surface area contributed by atoms with E-state index in [0.29, 0.717) is 21.9 Å². The predicted molar refractivity (Wildman–Crippen MR) is 67.1 cm³/mol. The number of aromatic amines is 1. The first-order valence-electron chi connectivity index (χ1n) is 4.61. The summed E-state index contributed by atoms with van der Waals surface area (Å²) in [7, 11) is 1.67. The molecule has 5 nitrogen and oxygen atoms in total. The molecule has 15 heavy (non-hydrogen) atoms. The van der Waals surface area contributed by atoms with Crippen LogP contribution in [0.25, 0.3) is 0 Å². The highest BCUT2D eigenvalue weighted by atomic mass is 127. The minimum absolute atomic E-state index is 0.118. The third-order valence-electron chi connectivity index (χ3n) is 1.87. The van der Waals surface area contributed by atoms with Crippen molar-refractivity contribution in [2.75, 3.05) is 25.6 Å². The topological polar surface area (TPSA) is 67.0 Å². The average molecular weight is 323 g/mol. The fourth-order valence-corrected chi connectivity index (χ4v) is 1.61. The highest BCUT2D eigenvalue weighted by Gasteiger charge is 2.06. The van der Waals surface area contributed by atoms with Gasteiger partial charge in [-0.25, -0.2) is 4.98 Å². The van der Waals surface area contributed by atoms with Crippen molar-refractivity contribution >= 4 is 28.4 Å². The number of ether oxygens (including phenoxy) is 1. The summed E-state index contributed by atoms with van der Waals surface area (Å²) in [6.45, 7) is 3.49. The standard InChI is InChI=1S/C9H14IN3O2/c1-6(4-15-2)3-11-8-7(10)9(14)13-5-12-8/h5-6H,3-4H2,1-2H3,(H2,11,12,13,14). The summed E-state index contributed by atoms with van der Waals surface area (Å²) < 4.78 is 5.60. The van der Waals surface area contributed by atoms with E-state index in [1.54, 1.807) is 7.11 Å². The van der Waals surface area contributed by atoms with Gasteiger partial charge in [-0.2, -0.15) is 0 Å². The van der Waals surface area contributed by atoms with Crippen molar-refractivity contribution in [2.24, 2.45) is 5.92 Å². The van der Waals surface area contributed by atoms with E-state index >= 15 is 0 Å². The lowest BCUT2D eigenvalue weighted by Crippen LogP contribution is -2.20. The largest absolute Gasteiger partial charge is 0.384 e. The van der Waals surface area contributed by atoms with Crippen molar-refractivity contribution < 1.29 is 4.74 Å². The molecular formula is C9H14IN3O2. The van der Waals surface area contributed by atoms with E-state index < -0.39 is 0 Å². The number of nitrogens with one attached hydrogen (secondary N) is 2. The van der Waals surface area contributed by atoms with Gasteiger partial charge in [0.2, 0.25) is 0 Å². The van der Waals surface area contributed by atoms with Gasteiger partial charge >= 0.3 is 0 Å². The van der Waals surface area contributed by atoms with Gasteiger partial charge in [-0.1, -0.05) is 6.92 Å². The fourth-order valence-electron chi connectivity index (χ4n) is 1.12. The smallest absolute Gasteiger partial charge is 0.266 e. The summed E-state index contributed by atoms with van der Waals surface area (Å²) in [6.07, 6.45) is 1.40. The summed E-state index contributed by atoms with van der Waals surface area (Å²) in [4.78, 5) is 17.8. The van der Waals surface area contributed by atoms with E-state index in [1.165, 1.54) is 6.33 Å². The first kappa shape index (κ1) is 12.4. The predicted octanol–water partition coefficient (Wildman–Crippen LogP) is 1.07. The van der Waals surface area contributed by atoms with Crippen LogP contribution >= 0.6 is 22.6 Å². The van der Waals surface area contributed by atoms with Crippen LogP contribution in [-0.2, 0) is 4.74 Å². The van der Waals surface area contributed by atoms with Crippen molar-refractivity contribution in [2.45, 2.75) is 6.92 Å². The Hall–Kier alpha value is -0.630. The molecule has 0 aromatic carbocycles. The van der Waals surface area contributed by atoms with E-state index in [1.807, 2.05) is 22.6 Å². The zero-order valence-corrected chi connectivity index (χ0v) is 10.9. The number of H-pyrrole nitrogens is 1. The minimum Gasteiger partial charge on any atom is -0.384 e. The summed E-state index contributed by atoms with van der Waals surface area (Å²) in [5.41, 5.74) is -0.118. The number of rotatable bonds is 5. The van der Waals surface area contributed by atoms with E-state index in [0.717, 1.165) is 6.54 Å². The molecule has 0 amide bonds. The summed E-state index contributed by atoms with van der Waals surface area (Å²) in [5.74, 6) is 1.01. The van der Waals surface area contributed by atoms with Gasteiger partial charge in [-0.3, -0.25) is 4.79 Å². The van der Waals surface area contributed by atoms with Gasteiger partial charge in [0.25, 0.3) is 5.56 Å². The second-order valence-corrected chi connectivity index (χ2v) is 4.41. The van der Waals surface area contributed by atoms with Gasteiger partial charge in [0.15, 0.2) is 0 Å². The zero-order valence-electron chi connectivity index (χ0n) is 8.71. The zero-order chi connectivity index (χ0) is 11.3. The molecule has 84 valence electrons. The van der Waals surface area contributed by atoms with Crippen LogP contribution < -0.4 is 10.9 Å². The highest BCUT2D eigenvalue weighted by molar-refractivity contribution is 14.1. The lowest BCUT2D eigenvalue weighted by atomic mass is 10.2. The van der Waals surface area contributed by atoms with Crippen molar-refractivity contribution in [3.8, 4) is 0 Å². The van der Waals surface area contributed by atoms with E-state index in [2.05, 4.69) is 22.2 Å². The van der Waals surface area contributed by atoms with Gasteiger partial charge in [-0.15, -0.1) is 0 Å². The monoisotopic (exact) mass is 323 g/mol. The SMILES string of the molecule is COCC(C)CNc1nc[nH]c(=O)c1I. The normalized spacial score (nSPS) is 12.5. The average Bonchev–Trinajstić information content (AvgIpc) is 2.21. The third kappa shape index (κ3) is 3.78. The Morgan fingerprint density at radius 2 is 2.47 bits per heavy atom. The van der Waals surface area contributed by atoms with Crippen LogP contribution in [0.15, 0.2) is 11.1 Å². The first-order valence-corrected chi connectivity index (χ1v) is 5.69. The molecule has 1 heterocycles. The Bertz CT molecular complexity index is 367. The molecule has 0 fully saturated rings. The Kier molecular flexibility index (Phi) is 5.03. The molecule has 0 saturated heterocycles. The molecule has 6 heteroatoms. The maximum Gasteiger partial charge on any atom is 0.266 e. The molecule has 0 spiro atoms. The van der Waals surface area contributed by atoms with Crippen LogP contribution in [0.4, 0.5) is 5.82 Å². The van der Waals surface area contributed by atoms with Crippen LogP contribution in [0.3, 0.4) is 0 Å². The molecule has 0 aliphatic carbocycles. The van der Waals surface area contributed by atoms with E-state index in [9.17, 15) is 4.79 Å². The van der Waals surface area contributed by atoms with Crippen LogP contribution in [0.2, 0.25) is 0 Å². The number of halogens is 1. The Balaban J connectivity index is 2.58. The third-order valence-corrected chi connectivity index (χ3v) is 2.87. The fraction of sp³-hybridized carbons (Fsp3) is 0.556. The molecule has 1 aromatic heterocycles. The van der Waals surface area contributed by atoms with Crippen LogP contribution in [0, 0.1) is 9.49 Å². The minimum atomic E-state index is -0.118. The molecule has 1 atom stereocenters. The Labute approximate surface area is 102 Å². The molecule has 1 unspecified atom stereocenters. The molecular weight excluding hydrogens is 309 g/mol. The molecule has 1 aromatic rings. The van der Waals surface area contributed by atoms with Gasteiger partial charge in [0.05, 0.1) is 12.9 Å². The van der Waals surface area contributed by atoms with Gasteiger partial charge in [-0.05, 0) is 28.5 Å². The quantitative estimate of drug-likeness (QED) is 0.796. The van der Waals surface area contributed by atoms with Crippen LogP contribution in [0.5, 0.6) is 0 Å². The number of aromatic nitrogens is 2. The van der Waals surface area contributed by atoms with Gasteiger partial charge < -0.3 is 15.0 Å². The van der Waals surface area contributed by atoms with Crippen molar-refractivity contribution in [3.05, 3.63) is 20.3 Å². The number of hydrogen-bond acceptors (Lipinski definition) is 4. The lowest BCUT2D eigenvalue weighted by molar-refractivity contribution is 0.164. The molecule has 0 aliphatic heterocycles. The number of anilines is 1. The Morgan fingerprint density at radius 3 is 3.13 bits per heavy atom. The van der Waals surface area contributed by atoms with Crippen LogP contribution in [0.1, 0.15) is 6.92 Å². The molecule has 0 radical (unpaired) electrons. The summed E-state index contributed by atoms with van der Waals surface area (Å²) >= 11 is 1.97. The first-order chi connectivity index (χ1) is 7.15. The van der Waals surface area contributed by atoms with Crippen molar-refractivity contribution in [1.82, 2.24) is 9.97 Å². The number of methoxy groups -OCH3 is 1. The van der Waals surface area contributed by atoms with Gasteiger partial charge in [0.1, 0.15) is 9.39 Å². The maximum absolute atomic E-state index is 11.2. The maximum atomic E-state index is 11.2. The molecule has 2 N–H and O–H groups in total. The number of hydrogen-bond donors (Lipinski definition) is 2. The van der Waals surface area contributed by atoms with Gasteiger partial charge in [0, 0.05) is 13.7 Å². The Morgan fingerprint density at radius 1 is 1.73 bits per heavy atom. The molecule has 0 aliphatic rings. The van der Waals surface area contributed by atoms with Crippen molar-refractivity contribution in [3.63, 3.8) is 0 Å². The molecule has 1 rings (SSSR count). The molecule has 0 bridgehead atoms. The van der Waals surface area contributed by atoms with E-state index in [4.69, 9.17) is 4.74 Å². The van der Waals surface area contributed by atoms with Crippen LogP contribution in [-0.4, -0.2) is 30.2 Å². The number of nitrogens with zero attached hydrogens (tertiary/aromatic N) is 1. The van der Waals surface area contributed by atoms with E-state index in [-0.39, 0.29) is 5.56 Å². The highest BCUT2D eigenvalue weighted by Crippen LogP contribution is 2.09.